The molecule has 0 bridgehead atoms. The zero-order valence-corrected chi connectivity index (χ0v) is 14.4. The van der Waals surface area contributed by atoms with Crippen LogP contribution in [-0.2, 0) is 4.79 Å². The summed E-state index contributed by atoms with van der Waals surface area (Å²) < 4.78 is 5.60. The third-order valence-electron chi connectivity index (χ3n) is 4.56. The number of rotatable bonds is 6. The lowest BCUT2D eigenvalue weighted by atomic mass is 10.2. The van der Waals surface area contributed by atoms with Gasteiger partial charge in [-0.3, -0.25) is 14.5 Å². The lowest BCUT2D eigenvalue weighted by Crippen LogP contribution is -2.42. The molecule has 1 aromatic rings. The Hall–Kier alpha value is -2.57. The monoisotopic (exact) mass is 345 g/mol. The molecular formula is C18H23N3O4. The average Bonchev–Trinajstić information content (AvgIpc) is 3.22. The molecule has 2 fully saturated rings. The van der Waals surface area contributed by atoms with E-state index >= 15 is 0 Å². The van der Waals surface area contributed by atoms with E-state index in [4.69, 9.17) is 4.74 Å². The van der Waals surface area contributed by atoms with Gasteiger partial charge in [0, 0.05) is 18.7 Å². The highest BCUT2D eigenvalue weighted by Crippen LogP contribution is 2.21. The predicted molar refractivity (Wildman–Crippen MR) is 91.4 cm³/mol. The molecule has 2 heterocycles. The molecule has 0 aliphatic carbocycles. The minimum Gasteiger partial charge on any atom is -0.494 e. The van der Waals surface area contributed by atoms with Crippen molar-refractivity contribution in [3.8, 4) is 5.75 Å². The molecule has 2 saturated heterocycles. The molecule has 1 atom stereocenters. The number of unbranched alkanes of at least 4 members (excludes halogenated alkanes) is 1. The second-order valence-corrected chi connectivity index (χ2v) is 6.34. The summed E-state index contributed by atoms with van der Waals surface area (Å²) in [6.07, 6.45) is 2.69. The molecule has 2 aliphatic heterocycles. The van der Waals surface area contributed by atoms with Gasteiger partial charge in [0.05, 0.1) is 19.2 Å². The summed E-state index contributed by atoms with van der Waals surface area (Å²) in [6.45, 7) is 3.74. The van der Waals surface area contributed by atoms with Gasteiger partial charge in [0.1, 0.15) is 5.75 Å². The summed E-state index contributed by atoms with van der Waals surface area (Å²) in [5.41, 5.74) is 0.584. The van der Waals surface area contributed by atoms with Gasteiger partial charge in [-0.1, -0.05) is 13.3 Å². The van der Waals surface area contributed by atoms with Crippen LogP contribution in [0.4, 0.5) is 4.79 Å². The van der Waals surface area contributed by atoms with Gasteiger partial charge >= 0.3 is 6.03 Å². The Morgan fingerprint density at radius 3 is 2.68 bits per heavy atom. The van der Waals surface area contributed by atoms with Gasteiger partial charge in [0.25, 0.3) is 5.91 Å². The molecule has 3 rings (SSSR count). The van der Waals surface area contributed by atoms with Crippen LogP contribution >= 0.6 is 0 Å². The first-order valence-electron chi connectivity index (χ1n) is 8.72. The fourth-order valence-electron chi connectivity index (χ4n) is 3.15. The van der Waals surface area contributed by atoms with Gasteiger partial charge < -0.3 is 15.0 Å². The second kappa shape index (κ2) is 7.55. The molecule has 2 aliphatic rings. The van der Waals surface area contributed by atoms with Crippen LogP contribution in [-0.4, -0.2) is 59.9 Å². The lowest BCUT2D eigenvalue weighted by Gasteiger charge is -2.21. The Morgan fingerprint density at radius 1 is 1.28 bits per heavy atom. The van der Waals surface area contributed by atoms with E-state index in [2.05, 4.69) is 12.2 Å². The number of amides is 4. The van der Waals surface area contributed by atoms with Crippen LogP contribution in [0.1, 0.15) is 36.5 Å². The Bertz CT molecular complexity index is 643. The molecule has 7 nitrogen and oxygen atoms in total. The minimum absolute atomic E-state index is 0.0444. The van der Waals surface area contributed by atoms with Crippen molar-refractivity contribution in [2.45, 2.75) is 32.2 Å². The van der Waals surface area contributed by atoms with Crippen molar-refractivity contribution in [3.05, 3.63) is 29.8 Å². The Kier molecular flexibility index (Phi) is 5.21. The number of ether oxygens (including phenoxy) is 1. The first kappa shape index (κ1) is 17.3. The maximum absolute atomic E-state index is 12.6. The number of carbonyl (C=O) groups excluding carboxylic acids is 3. The van der Waals surface area contributed by atoms with E-state index in [1.54, 1.807) is 29.2 Å². The van der Waals surface area contributed by atoms with Crippen molar-refractivity contribution < 1.29 is 19.1 Å². The highest BCUT2D eigenvalue weighted by molar-refractivity contribution is 6.02. The maximum atomic E-state index is 12.6. The number of imide groups is 1. The lowest BCUT2D eigenvalue weighted by molar-refractivity contribution is -0.126. The number of nitrogens with one attached hydrogen (secondary N) is 1. The number of hydrogen-bond donors (Lipinski definition) is 1. The van der Waals surface area contributed by atoms with Crippen molar-refractivity contribution in [2.24, 2.45) is 0 Å². The number of hydrogen-bond acceptors (Lipinski definition) is 4. The van der Waals surface area contributed by atoms with E-state index in [-0.39, 0.29) is 30.4 Å². The fraction of sp³-hybridized carbons (Fsp3) is 0.500. The van der Waals surface area contributed by atoms with Crippen LogP contribution in [0.15, 0.2) is 24.3 Å². The van der Waals surface area contributed by atoms with Gasteiger partial charge in [-0.05, 0) is 37.1 Å². The number of nitrogens with zero attached hydrogens (tertiary/aromatic N) is 2. The van der Waals surface area contributed by atoms with Crippen molar-refractivity contribution >= 4 is 17.8 Å². The topological polar surface area (TPSA) is 79.0 Å². The number of benzene rings is 1. The van der Waals surface area contributed by atoms with Gasteiger partial charge in [-0.25, -0.2) is 4.79 Å². The largest absolute Gasteiger partial charge is 0.494 e. The predicted octanol–water partition coefficient (Wildman–Crippen LogP) is 1.63. The third kappa shape index (κ3) is 3.75. The highest BCUT2D eigenvalue weighted by atomic mass is 16.5. The molecule has 4 amide bonds. The zero-order chi connectivity index (χ0) is 17.8. The number of urea groups is 1. The van der Waals surface area contributed by atoms with Gasteiger partial charge in [0.15, 0.2) is 0 Å². The number of likely N-dealkylation sites (tertiary alicyclic amines) is 1. The molecule has 1 unspecified atom stereocenters. The molecule has 0 spiro atoms. The van der Waals surface area contributed by atoms with E-state index in [0.717, 1.165) is 18.6 Å². The van der Waals surface area contributed by atoms with E-state index in [1.807, 2.05) is 0 Å². The Labute approximate surface area is 146 Å². The minimum atomic E-state index is -0.363. The van der Waals surface area contributed by atoms with E-state index in [9.17, 15) is 14.4 Å². The van der Waals surface area contributed by atoms with Crippen molar-refractivity contribution in [1.29, 1.82) is 0 Å². The van der Waals surface area contributed by atoms with Crippen LogP contribution in [0.2, 0.25) is 0 Å². The van der Waals surface area contributed by atoms with Crippen LogP contribution < -0.4 is 10.1 Å². The third-order valence-corrected chi connectivity index (χ3v) is 4.56. The average molecular weight is 345 g/mol. The van der Waals surface area contributed by atoms with E-state index in [0.29, 0.717) is 31.7 Å². The van der Waals surface area contributed by atoms with Crippen molar-refractivity contribution in [3.63, 3.8) is 0 Å². The van der Waals surface area contributed by atoms with Crippen molar-refractivity contribution in [1.82, 2.24) is 15.1 Å². The molecular weight excluding hydrogens is 322 g/mol. The molecule has 1 aromatic carbocycles. The quantitative estimate of drug-likeness (QED) is 0.628. The smallest absolute Gasteiger partial charge is 0.324 e. The van der Waals surface area contributed by atoms with E-state index in [1.165, 1.54) is 4.90 Å². The van der Waals surface area contributed by atoms with Gasteiger partial charge in [-0.2, -0.15) is 0 Å². The van der Waals surface area contributed by atoms with Crippen LogP contribution in [0.25, 0.3) is 0 Å². The summed E-state index contributed by atoms with van der Waals surface area (Å²) in [4.78, 5) is 39.1. The molecule has 7 heteroatoms. The van der Waals surface area contributed by atoms with Crippen molar-refractivity contribution in [2.75, 3.05) is 26.2 Å². The molecule has 25 heavy (non-hydrogen) atoms. The SMILES string of the molecule is CCCCOc1ccc(C(=O)N2CCC(N3C(=O)CNC3=O)C2)cc1. The highest BCUT2D eigenvalue weighted by Gasteiger charge is 2.39. The summed E-state index contributed by atoms with van der Waals surface area (Å²) in [5, 5.41) is 2.52. The summed E-state index contributed by atoms with van der Waals surface area (Å²) in [5.74, 6) is 0.441. The Morgan fingerprint density at radius 2 is 2.04 bits per heavy atom. The molecule has 0 aromatic heterocycles. The fourth-order valence-corrected chi connectivity index (χ4v) is 3.15. The van der Waals surface area contributed by atoms with E-state index < -0.39 is 0 Å². The number of carbonyl (C=O) groups is 3. The summed E-state index contributed by atoms with van der Waals surface area (Å²) >= 11 is 0. The van der Waals surface area contributed by atoms with Crippen LogP contribution in [0.3, 0.4) is 0 Å². The normalized spacial score (nSPS) is 20.1. The second-order valence-electron chi connectivity index (χ2n) is 6.34. The van der Waals surface area contributed by atoms with Crippen LogP contribution in [0, 0.1) is 0 Å². The Balaban J connectivity index is 1.58. The van der Waals surface area contributed by atoms with Gasteiger partial charge in [0.2, 0.25) is 5.91 Å². The van der Waals surface area contributed by atoms with Crippen LogP contribution in [0.5, 0.6) is 5.75 Å². The molecule has 1 N–H and O–H groups in total. The summed E-state index contributed by atoms with van der Waals surface area (Å²) in [6, 6.07) is 6.50. The molecule has 0 radical (unpaired) electrons. The molecule has 134 valence electrons. The zero-order valence-electron chi connectivity index (χ0n) is 14.4. The summed E-state index contributed by atoms with van der Waals surface area (Å²) in [7, 11) is 0. The first-order chi connectivity index (χ1) is 12.1. The molecule has 0 saturated carbocycles. The maximum Gasteiger partial charge on any atom is 0.324 e. The first-order valence-corrected chi connectivity index (χ1v) is 8.72. The van der Waals surface area contributed by atoms with Gasteiger partial charge in [-0.15, -0.1) is 0 Å². The standard InChI is InChI=1S/C18H23N3O4/c1-2-3-10-25-15-6-4-13(5-7-15)17(23)20-9-8-14(12-20)21-16(22)11-19-18(21)24/h4-7,14H,2-3,8-12H2,1H3,(H,19,24).